The molecule has 0 saturated carbocycles. The van der Waals surface area contributed by atoms with Crippen LogP contribution in [0.4, 0.5) is 4.39 Å². The molecule has 150 valence electrons. The van der Waals surface area contributed by atoms with Crippen molar-refractivity contribution >= 4 is 17.5 Å². The summed E-state index contributed by atoms with van der Waals surface area (Å²) in [5.41, 5.74) is 1.25. The van der Waals surface area contributed by atoms with Gasteiger partial charge >= 0.3 is 0 Å². The summed E-state index contributed by atoms with van der Waals surface area (Å²) in [6.45, 7) is 1.68. The highest BCUT2D eigenvalue weighted by molar-refractivity contribution is 6.30. The molecule has 0 atom stereocenters. The van der Waals surface area contributed by atoms with Crippen LogP contribution in [0.5, 0.6) is 0 Å². The van der Waals surface area contributed by atoms with Gasteiger partial charge in [0.15, 0.2) is 11.5 Å². The second-order valence-electron chi connectivity index (χ2n) is 7.14. The van der Waals surface area contributed by atoms with Crippen LogP contribution in [-0.4, -0.2) is 30.8 Å². The molecule has 4 rings (SSSR count). The molecule has 1 N–H and O–H groups in total. The van der Waals surface area contributed by atoms with E-state index in [2.05, 4.69) is 10.5 Å². The molecule has 5 nitrogen and oxygen atoms in total. The number of ether oxygens (including phenoxy) is 1. The largest absolute Gasteiger partial charge is 0.381 e. The maximum atomic E-state index is 13.9. The minimum Gasteiger partial charge on any atom is -0.381 e. The van der Waals surface area contributed by atoms with E-state index in [4.69, 9.17) is 20.9 Å². The van der Waals surface area contributed by atoms with Gasteiger partial charge in [0.05, 0.1) is 5.56 Å². The van der Waals surface area contributed by atoms with Gasteiger partial charge in [0.25, 0.3) is 5.91 Å². The van der Waals surface area contributed by atoms with Crippen molar-refractivity contribution in [2.45, 2.75) is 18.3 Å². The van der Waals surface area contributed by atoms with Crippen LogP contribution in [0.1, 0.15) is 28.9 Å². The minimum atomic E-state index is -0.431. The third-order valence-electron chi connectivity index (χ3n) is 5.38. The molecule has 29 heavy (non-hydrogen) atoms. The Hall–Kier alpha value is -2.70. The van der Waals surface area contributed by atoms with E-state index in [1.165, 1.54) is 12.1 Å². The first kappa shape index (κ1) is 19.6. The summed E-state index contributed by atoms with van der Waals surface area (Å²) in [6.07, 6.45) is 1.57. The van der Waals surface area contributed by atoms with Crippen LogP contribution in [-0.2, 0) is 10.2 Å². The van der Waals surface area contributed by atoms with Gasteiger partial charge in [-0.2, -0.15) is 0 Å². The lowest BCUT2D eigenvalue weighted by atomic mass is 9.74. The molecular formula is C22H20ClFN2O3. The van der Waals surface area contributed by atoms with Gasteiger partial charge in [-0.3, -0.25) is 4.79 Å². The standard InChI is InChI=1S/C22H20ClFN2O3/c23-16-7-5-15(6-8-16)22(9-11-28-12-10-22)14-25-21(27)19-13-20(29-26-19)17-3-1-2-4-18(17)24/h1-8,13H,9-12,14H2,(H,25,27). The number of rotatable bonds is 5. The van der Waals surface area contributed by atoms with Gasteiger partial charge in [0.2, 0.25) is 0 Å². The Kier molecular flexibility index (Phi) is 5.65. The zero-order valence-corrected chi connectivity index (χ0v) is 16.4. The number of hydrogen-bond donors (Lipinski definition) is 1. The monoisotopic (exact) mass is 414 g/mol. The Morgan fingerprint density at radius 2 is 1.86 bits per heavy atom. The number of halogens is 2. The average Bonchev–Trinajstić information content (AvgIpc) is 3.24. The quantitative estimate of drug-likeness (QED) is 0.662. The van der Waals surface area contributed by atoms with Crippen molar-refractivity contribution in [2.75, 3.05) is 19.8 Å². The lowest BCUT2D eigenvalue weighted by molar-refractivity contribution is 0.0486. The number of amides is 1. The van der Waals surface area contributed by atoms with E-state index in [1.54, 1.807) is 18.2 Å². The van der Waals surface area contributed by atoms with Gasteiger partial charge < -0.3 is 14.6 Å². The van der Waals surface area contributed by atoms with Crippen molar-refractivity contribution in [2.24, 2.45) is 0 Å². The van der Waals surface area contributed by atoms with Crippen molar-refractivity contribution in [3.05, 3.63) is 76.7 Å². The van der Waals surface area contributed by atoms with E-state index >= 15 is 0 Å². The van der Waals surface area contributed by atoms with Crippen molar-refractivity contribution in [3.63, 3.8) is 0 Å². The zero-order chi connectivity index (χ0) is 20.3. The molecule has 3 aromatic rings. The predicted molar refractivity (Wildman–Crippen MR) is 107 cm³/mol. The first-order valence-electron chi connectivity index (χ1n) is 9.41. The number of nitrogens with zero attached hydrogens (tertiary/aromatic N) is 1. The van der Waals surface area contributed by atoms with Crippen LogP contribution in [0.15, 0.2) is 59.1 Å². The third-order valence-corrected chi connectivity index (χ3v) is 5.63. The van der Waals surface area contributed by atoms with Crippen molar-refractivity contribution in [3.8, 4) is 11.3 Å². The van der Waals surface area contributed by atoms with E-state index in [-0.39, 0.29) is 28.3 Å². The lowest BCUT2D eigenvalue weighted by Crippen LogP contribution is -2.44. The summed E-state index contributed by atoms with van der Waals surface area (Å²) in [7, 11) is 0. The van der Waals surface area contributed by atoms with Crippen LogP contribution in [0.2, 0.25) is 5.02 Å². The van der Waals surface area contributed by atoms with Crippen LogP contribution in [0.3, 0.4) is 0 Å². The van der Waals surface area contributed by atoms with Gasteiger partial charge in [0, 0.05) is 36.3 Å². The topological polar surface area (TPSA) is 64.4 Å². The van der Waals surface area contributed by atoms with E-state index in [0.29, 0.717) is 24.8 Å². The normalized spacial score (nSPS) is 15.8. The smallest absolute Gasteiger partial charge is 0.273 e. The molecule has 1 aliphatic rings. The fourth-order valence-electron chi connectivity index (χ4n) is 3.64. The number of aromatic nitrogens is 1. The van der Waals surface area contributed by atoms with Crippen molar-refractivity contribution in [1.29, 1.82) is 0 Å². The Labute approximate surface area is 172 Å². The summed E-state index contributed by atoms with van der Waals surface area (Å²) < 4.78 is 24.6. The molecule has 1 amide bonds. The second kappa shape index (κ2) is 8.35. The summed E-state index contributed by atoms with van der Waals surface area (Å²) >= 11 is 6.03. The van der Waals surface area contributed by atoms with E-state index in [9.17, 15) is 9.18 Å². The van der Waals surface area contributed by atoms with Gasteiger partial charge in [-0.05, 0) is 42.7 Å². The molecule has 7 heteroatoms. The first-order valence-corrected chi connectivity index (χ1v) is 9.79. The first-order chi connectivity index (χ1) is 14.1. The minimum absolute atomic E-state index is 0.113. The van der Waals surface area contributed by atoms with Gasteiger partial charge in [-0.15, -0.1) is 0 Å². The molecule has 1 aromatic heterocycles. The van der Waals surface area contributed by atoms with Gasteiger partial charge in [-0.25, -0.2) is 4.39 Å². The Morgan fingerprint density at radius 3 is 2.59 bits per heavy atom. The Morgan fingerprint density at radius 1 is 1.14 bits per heavy atom. The highest BCUT2D eigenvalue weighted by Gasteiger charge is 2.35. The fourth-order valence-corrected chi connectivity index (χ4v) is 3.77. The Bertz CT molecular complexity index is 997. The van der Waals surface area contributed by atoms with Crippen molar-refractivity contribution < 1.29 is 18.4 Å². The van der Waals surface area contributed by atoms with E-state index in [0.717, 1.165) is 18.4 Å². The van der Waals surface area contributed by atoms with Crippen LogP contribution in [0.25, 0.3) is 11.3 Å². The van der Waals surface area contributed by atoms with Crippen LogP contribution < -0.4 is 5.32 Å². The maximum Gasteiger partial charge on any atom is 0.273 e. The summed E-state index contributed by atoms with van der Waals surface area (Å²) in [4.78, 5) is 12.7. The van der Waals surface area contributed by atoms with E-state index < -0.39 is 5.82 Å². The predicted octanol–water partition coefficient (Wildman–Crippen LogP) is 4.61. The molecular weight excluding hydrogens is 395 g/mol. The van der Waals surface area contributed by atoms with Crippen LogP contribution in [0, 0.1) is 5.82 Å². The highest BCUT2D eigenvalue weighted by atomic mass is 35.5. The average molecular weight is 415 g/mol. The Balaban J connectivity index is 1.50. The third kappa shape index (κ3) is 4.18. The molecule has 0 spiro atoms. The second-order valence-corrected chi connectivity index (χ2v) is 7.57. The molecule has 0 aliphatic carbocycles. The molecule has 1 aliphatic heterocycles. The van der Waals surface area contributed by atoms with Crippen molar-refractivity contribution in [1.82, 2.24) is 10.5 Å². The summed E-state index contributed by atoms with van der Waals surface area (Å²) in [5.74, 6) is -0.581. The van der Waals surface area contributed by atoms with Gasteiger partial charge in [-0.1, -0.05) is 41.0 Å². The number of benzene rings is 2. The number of carbonyl (C=O) groups is 1. The maximum absolute atomic E-state index is 13.9. The fraction of sp³-hybridized carbons (Fsp3) is 0.273. The molecule has 1 saturated heterocycles. The summed E-state index contributed by atoms with van der Waals surface area (Å²) in [5, 5.41) is 7.44. The van der Waals surface area contributed by atoms with Crippen LogP contribution >= 0.6 is 11.6 Å². The molecule has 0 bridgehead atoms. The number of nitrogens with one attached hydrogen (secondary N) is 1. The van der Waals surface area contributed by atoms with E-state index in [1.807, 2.05) is 24.3 Å². The SMILES string of the molecule is O=C(NCC1(c2ccc(Cl)cc2)CCOCC1)c1cc(-c2ccccc2F)on1. The molecule has 0 radical (unpaired) electrons. The number of hydrogen-bond acceptors (Lipinski definition) is 4. The molecule has 2 heterocycles. The lowest BCUT2D eigenvalue weighted by Gasteiger charge is -2.38. The number of carbonyl (C=O) groups excluding carboxylic acids is 1. The molecule has 0 unspecified atom stereocenters. The summed E-state index contributed by atoms with van der Waals surface area (Å²) in [6, 6.07) is 15.3. The highest BCUT2D eigenvalue weighted by Crippen LogP contribution is 2.35. The zero-order valence-electron chi connectivity index (χ0n) is 15.7. The molecule has 1 fully saturated rings. The molecule has 2 aromatic carbocycles. The van der Waals surface area contributed by atoms with Gasteiger partial charge in [0.1, 0.15) is 5.82 Å².